The number of piperidine rings is 1. The molecule has 1 aromatic rings. The van der Waals surface area contributed by atoms with E-state index in [1.807, 2.05) is 0 Å². The van der Waals surface area contributed by atoms with Crippen LogP contribution in [0, 0.1) is 12.8 Å². The molecule has 1 saturated carbocycles. The third-order valence-electron chi connectivity index (χ3n) is 4.13. The molecule has 0 aromatic heterocycles. The minimum atomic E-state index is 0.832. The third-order valence-corrected chi connectivity index (χ3v) is 4.78. The topological polar surface area (TPSA) is 3.24 Å². The van der Waals surface area contributed by atoms with Crippen LogP contribution < -0.4 is 4.90 Å². The predicted molar refractivity (Wildman–Crippen MR) is 72.3 cm³/mol. The molecule has 0 N–H and O–H groups in total. The Bertz CT molecular complexity index is 402. The first kappa shape index (κ1) is 10.6. The van der Waals surface area contributed by atoms with E-state index in [1.165, 1.54) is 42.6 Å². The standard InChI is InChI=1S/C14H18BrN/c1-10-6-11(8-15)3-5-14(10)16-9-12-2-4-13(16)7-12/h3,5-6,12-13H,2,4,7-9H2,1H3. The Morgan fingerprint density at radius 3 is 2.81 bits per heavy atom. The van der Waals surface area contributed by atoms with Crippen LogP contribution in [0.4, 0.5) is 5.69 Å². The summed E-state index contributed by atoms with van der Waals surface area (Å²) in [7, 11) is 0. The molecule has 1 nitrogen and oxygen atoms in total. The van der Waals surface area contributed by atoms with Gasteiger partial charge >= 0.3 is 0 Å². The average molecular weight is 280 g/mol. The minimum absolute atomic E-state index is 0.832. The highest BCUT2D eigenvalue weighted by molar-refractivity contribution is 9.08. The number of alkyl halides is 1. The van der Waals surface area contributed by atoms with Gasteiger partial charge in [0.05, 0.1) is 0 Å². The van der Waals surface area contributed by atoms with Gasteiger partial charge in [0.1, 0.15) is 0 Å². The number of aryl methyl sites for hydroxylation is 1. The van der Waals surface area contributed by atoms with E-state index in [1.54, 1.807) is 0 Å². The quantitative estimate of drug-likeness (QED) is 0.743. The van der Waals surface area contributed by atoms with Crippen LogP contribution in [-0.4, -0.2) is 12.6 Å². The molecule has 2 unspecified atom stereocenters. The molecule has 16 heavy (non-hydrogen) atoms. The zero-order valence-corrected chi connectivity index (χ0v) is 11.3. The van der Waals surface area contributed by atoms with E-state index < -0.39 is 0 Å². The highest BCUT2D eigenvalue weighted by atomic mass is 79.9. The normalized spacial score (nSPS) is 27.8. The number of benzene rings is 1. The smallest absolute Gasteiger partial charge is 0.0398 e. The van der Waals surface area contributed by atoms with Gasteiger partial charge in [0, 0.05) is 23.6 Å². The van der Waals surface area contributed by atoms with Crippen molar-refractivity contribution >= 4 is 21.6 Å². The van der Waals surface area contributed by atoms with Crippen LogP contribution in [0.3, 0.4) is 0 Å². The van der Waals surface area contributed by atoms with Gasteiger partial charge in [-0.1, -0.05) is 28.1 Å². The average Bonchev–Trinajstić information content (AvgIpc) is 2.90. The third kappa shape index (κ3) is 1.67. The molecule has 0 amide bonds. The van der Waals surface area contributed by atoms with Crippen LogP contribution in [0.5, 0.6) is 0 Å². The predicted octanol–water partition coefficient (Wildman–Crippen LogP) is 3.88. The van der Waals surface area contributed by atoms with E-state index in [0.717, 1.165) is 17.3 Å². The van der Waals surface area contributed by atoms with Crippen LogP contribution in [0.2, 0.25) is 0 Å². The molecule has 2 atom stereocenters. The lowest BCUT2D eigenvalue weighted by Gasteiger charge is -2.30. The first-order valence-electron chi connectivity index (χ1n) is 6.20. The van der Waals surface area contributed by atoms with E-state index in [-0.39, 0.29) is 0 Å². The maximum atomic E-state index is 3.52. The molecule has 2 bridgehead atoms. The van der Waals surface area contributed by atoms with Crippen molar-refractivity contribution in [2.45, 2.75) is 37.6 Å². The van der Waals surface area contributed by atoms with Gasteiger partial charge in [-0.2, -0.15) is 0 Å². The SMILES string of the molecule is Cc1cc(CBr)ccc1N1CC2CCC1C2. The lowest BCUT2D eigenvalue weighted by Crippen LogP contribution is -2.32. The van der Waals surface area contributed by atoms with Crippen molar-refractivity contribution in [1.82, 2.24) is 0 Å². The lowest BCUT2D eigenvalue weighted by atomic mass is 10.1. The van der Waals surface area contributed by atoms with Gasteiger partial charge in [0.25, 0.3) is 0 Å². The summed E-state index contributed by atoms with van der Waals surface area (Å²) < 4.78 is 0. The maximum Gasteiger partial charge on any atom is 0.0398 e. The number of fused-ring (bicyclic) bond motifs is 2. The number of hydrogen-bond donors (Lipinski definition) is 0. The molecule has 0 spiro atoms. The van der Waals surface area contributed by atoms with Gasteiger partial charge in [-0.25, -0.2) is 0 Å². The van der Waals surface area contributed by atoms with Gasteiger partial charge in [-0.05, 0) is 49.3 Å². The Kier molecular flexibility index (Phi) is 2.70. The van der Waals surface area contributed by atoms with Gasteiger partial charge in [0.15, 0.2) is 0 Å². The number of hydrogen-bond acceptors (Lipinski definition) is 1. The van der Waals surface area contributed by atoms with Crippen molar-refractivity contribution in [3.05, 3.63) is 29.3 Å². The molecule has 1 aromatic carbocycles. The van der Waals surface area contributed by atoms with Crippen LogP contribution in [0.15, 0.2) is 18.2 Å². The Hall–Kier alpha value is -0.500. The summed E-state index contributed by atoms with van der Waals surface area (Å²) in [4.78, 5) is 2.64. The second kappa shape index (κ2) is 4.06. The number of rotatable bonds is 2. The summed E-state index contributed by atoms with van der Waals surface area (Å²) in [6, 6.07) is 7.71. The number of halogens is 1. The molecular weight excluding hydrogens is 262 g/mol. The molecule has 2 heteroatoms. The molecule has 3 rings (SSSR count). The highest BCUT2D eigenvalue weighted by Gasteiger charge is 2.38. The molecule has 1 aliphatic heterocycles. The highest BCUT2D eigenvalue weighted by Crippen LogP contribution is 2.41. The molecule has 1 aliphatic carbocycles. The van der Waals surface area contributed by atoms with Gasteiger partial charge in [-0.15, -0.1) is 0 Å². The molecular formula is C14H18BrN. The molecule has 0 radical (unpaired) electrons. The first-order chi connectivity index (χ1) is 7.78. The van der Waals surface area contributed by atoms with Crippen molar-refractivity contribution in [1.29, 1.82) is 0 Å². The Balaban J connectivity index is 1.89. The maximum absolute atomic E-state index is 3.52. The number of nitrogens with zero attached hydrogens (tertiary/aromatic N) is 1. The van der Waals surface area contributed by atoms with Crippen molar-refractivity contribution < 1.29 is 0 Å². The lowest BCUT2D eigenvalue weighted by molar-refractivity contribution is 0.553. The summed E-state index contributed by atoms with van der Waals surface area (Å²) in [5.41, 5.74) is 4.28. The fourth-order valence-electron chi connectivity index (χ4n) is 3.34. The minimum Gasteiger partial charge on any atom is -0.368 e. The van der Waals surface area contributed by atoms with Crippen molar-refractivity contribution in [2.75, 3.05) is 11.4 Å². The van der Waals surface area contributed by atoms with Crippen LogP contribution in [-0.2, 0) is 5.33 Å². The van der Waals surface area contributed by atoms with E-state index in [4.69, 9.17) is 0 Å². The van der Waals surface area contributed by atoms with Gasteiger partial charge < -0.3 is 4.90 Å². The summed E-state index contributed by atoms with van der Waals surface area (Å²) in [5, 5.41) is 0.959. The first-order valence-corrected chi connectivity index (χ1v) is 7.32. The molecule has 1 saturated heterocycles. The van der Waals surface area contributed by atoms with Crippen LogP contribution in [0.25, 0.3) is 0 Å². The van der Waals surface area contributed by atoms with Crippen LogP contribution >= 0.6 is 15.9 Å². The molecule has 1 heterocycles. The second-order valence-corrected chi connectivity index (χ2v) is 5.80. The molecule has 2 aliphatic rings. The zero-order chi connectivity index (χ0) is 11.1. The van der Waals surface area contributed by atoms with Gasteiger partial charge in [-0.3, -0.25) is 0 Å². The summed E-state index contributed by atoms with van der Waals surface area (Å²) in [6.07, 6.45) is 4.30. The number of anilines is 1. The molecule has 86 valence electrons. The van der Waals surface area contributed by atoms with E-state index in [2.05, 4.69) is 46.0 Å². The van der Waals surface area contributed by atoms with Crippen molar-refractivity contribution in [3.63, 3.8) is 0 Å². The zero-order valence-electron chi connectivity index (χ0n) is 9.75. The molecule has 2 fully saturated rings. The fourth-order valence-corrected chi connectivity index (χ4v) is 3.69. The van der Waals surface area contributed by atoms with Crippen molar-refractivity contribution in [3.8, 4) is 0 Å². The van der Waals surface area contributed by atoms with Crippen LogP contribution in [0.1, 0.15) is 30.4 Å². The fraction of sp³-hybridized carbons (Fsp3) is 0.571. The van der Waals surface area contributed by atoms with E-state index >= 15 is 0 Å². The Morgan fingerprint density at radius 1 is 1.38 bits per heavy atom. The Morgan fingerprint density at radius 2 is 2.25 bits per heavy atom. The van der Waals surface area contributed by atoms with Crippen molar-refractivity contribution in [2.24, 2.45) is 5.92 Å². The summed E-state index contributed by atoms with van der Waals surface area (Å²) in [5.74, 6) is 0.972. The summed E-state index contributed by atoms with van der Waals surface area (Å²) >= 11 is 3.52. The largest absolute Gasteiger partial charge is 0.368 e. The monoisotopic (exact) mass is 279 g/mol. The Labute approximate surface area is 106 Å². The van der Waals surface area contributed by atoms with E-state index in [9.17, 15) is 0 Å². The van der Waals surface area contributed by atoms with Gasteiger partial charge in [0.2, 0.25) is 0 Å². The second-order valence-electron chi connectivity index (χ2n) is 5.24. The van der Waals surface area contributed by atoms with E-state index in [0.29, 0.717) is 0 Å². The summed E-state index contributed by atoms with van der Waals surface area (Å²) in [6.45, 7) is 3.53.